The van der Waals surface area contributed by atoms with Crippen LogP contribution < -0.4 is 10.2 Å². The first kappa shape index (κ1) is 19.5. The Labute approximate surface area is 170 Å². The van der Waals surface area contributed by atoms with Gasteiger partial charge in [0.15, 0.2) is 11.7 Å². The molecule has 0 saturated carbocycles. The summed E-state index contributed by atoms with van der Waals surface area (Å²) in [4.78, 5) is 21.1. The summed E-state index contributed by atoms with van der Waals surface area (Å²) in [5.74, 6) is 1.55. The summed E-state index contributed by atoms with van der Waals surface area (Å²) in [5.41, 5.74) is 0.310. The van der Waals surface area contributed by atoms with Gasteiger partial charge in [-0.2, -0.15) is 10.4 Å². The lowest BCUT2D eigenvalue weighted by Crippen LogP contribution is -2.38. The molecule has 2 saturated heterocycles. The van der Waals surface area contributed by atoms with Crippen molar-refractivity contribution in [2.75, 3.05) is 43.4 Å². The molecule has 0 radical (unpaired) electrons. The second-order valence-electron chi connectivity index (χ2n) is 7.96. The number of oxazole rings is 1. The maximum absolute atomic E-state index is 12.7. The number of nitriles is 1. The first-order chi connectivity index (χ1) is 14.0. The smallest absolute Gasteiger partial charge is 0.234 e. The van der Waals surface area contributed by atoms with Gasteiger partial charge in [0.2, 0.25) is 17.5 Å². The number of hydrogen-bond acceptors (Lipinski definition) is 7. The average molecular weight is 397 g/mol. The van der Waals surface area contributed by atoms with Gasteiger partial charge in [0.05, 0.1) is 6.04 Å². The Balaban J connectivity index is 1.31. The van der Waals surface area contributed by atoms with Crippen LogP contribution in [0.15, 0.2) is 16.7 Å². The van der Waals surface area contributed by atoms with Crippen molar-refractivity contribution >= 4 is 17.6 Å². The Morgan fingerprint density at radius 2 is 1.97 bits per heavy atom. The third-order valence-electron chi connectivity index (χ3n) is 5.90. The van der Waals surface area contributed by atoms with E-state index in [0.29, 0.717) is 55.3 Å². The monoisotopic (exact) mass is 397 g/mol. The molecule has 0 unspecified atom stereocenters. The Bertz CT molecular complexity index is 896. The van der Waals surface area contributed by atoms with Gasteiger partial charge in [0.25, 0.3) is 0 Å². The number of carbonyl (C=O) groups is 1. The number of piperidine rings is 2. The number of carbonyl (C=O) groups excluding carboxylic acids is 1. The van der Waals surface area contributed by atoms with Crippen LogP contribution >= 0.6 is 0 Å². The SMILES string of the molecule is Cc1nc(C#N)c(N2CCC(C(=O)Nc3ccn(C4CCN(C)CC4)n3)CC2)o1. The van der Waals surface area contributed by atoms with Crippen molar-refractivity contribution in [2.45, 2.75) is 38.6 Å². The van der Waals surface area contributed by atoms with Crippen LogP contribution in [0.3, 0.4) is 0 Å². The number of aryl methyl sites for hydroxylation is 1. The first-order valence-corrected chi connectivity index (χ1v) is 10.2. The number of nitrogens with one attached hydrogen (secondary N) is 1. The van der Waals surface area contributed by atoms with Crippen molar-refractivity contribution in [2.24, 2.45) is 5.92 Å². The Morgan fingerprint density at radius 3 is 2.66 bits per heavy atom. The second kappa shape index (κ2) is 8.25. The highest BCUT2D eigenvalue weighted by Crippen LogP contribution is 2.28. The second-order valence-corrected chi connectivity index (χ2v) is 7.96. The van der Waals surface area contributed by atoms with E-state index in [1.165, 1.54) is 0 Å². The molecule has 2 aliphatic rings. The zero-order valence-electron chi connectivity index (χ0n) is 17.0. The van der Waals surface area contributed by atoms with Crippen LogP contribution in [-0.4, -0.2) is 58.8 Å². The highest BCUT2D eigenvalue weighted by molar-refractivity contribution is 5.91. The van der Waals surface area contributed by atoms with Crippen molar-refractivity contribution in [3.63, 3.8) is 0 Å². The maximum Gasteiger partial charge on any atom is 0.234 e. The molecule has 2 aromatic heterocycles. The summed E-state index contributed by atoms with van der Waals surface area (Å²) in [5, 5.41) is 16.8. The largest absolute Gasteiger partial charge is 0.424 e. The average Bonchev–Trinajstić information content (AvgIpc) is 3.35. The van der Waals surface area contributed by atoms with E-state index in [0.717, 1.165) is 25.9 Å². The third kappa shape index (κ3) is 4.27. The van der Waals surface area contributed by atoms with Gasteiger partial charge in [-0.3, -0.25) is 9.48 Å². The van der Waals surface area contributed by atoms with Crippen molar-refractivity contribution in [1.82, 2.24) is 19.7 Å². The summed E-state index contributed by atoms with van der Waals surface area (Å²) in [6, 6.07) is 4.35. The van der Waals surface area contributed by atoms with Crippen LogP contribution in [0.25, 0.3) is 0 Å². The highest BCUT2D eigenvalue weighted by Gasteiger charge is 2.29. The molecule has 9 heteroatoms. The molecule has 154 valence electrons. The summed E-state index contributed by atoms with van der Waals surface area (Å²) < 4.78 is 7.57. The Kier molecular flexibility index (Phi) is 5.53. The molecule has 0 aromatic carbocycles. The van der Waals surface area contributed by atoms with Gasteiger partial charge in [0.1, 0.15) is 6.07 Å². The number of likely N-dealkylation sites (tertiary alicyclic amines) is 1. The molecular weight excluding hydrogens is 370 g/mol. The summed E-state index contributed by atoms with van der Waals surface area (Å²) in [6.45, 7) is 5.19. The molecule has 1 amide bonds. The maximum atomic E-state index is 12.7. The quantitative estimate of drug-likeness (QED) is 0.843. The van der Waals surface area contributed by atoms with Gasteiger partial charge in [-0.15, -0.1) is 0 Å². The number of amides is 1. The molecule has 4 heterocycles. The lowest BCUT2D eigenvalue weighted by atomic mass is 9.96. The molecule has 2 aliphatic heterocycles. The van der Waals surface area contributed by atoms with Gasteiger partial charge < -0.3 is 19.5 Å². The van der Waals surface area contributed by atoms with Crippen LogP contribution in [0.4, 0.5) is 11.7 Å². The molecule has 0 aliphatic carbocycles. The normalized spacial score (nSPS) is 19.3. The molecule has 4 rings (SSSR count). The predicted octanol–water partition coefficient (Wildman–Crippen LogP) is 2.17. The van der Waals surface area contributed by atoms with E-state index in [1.54, 1.807) is 6.92 Å². The van der Waals surface area contributed by atoms with Crippen LogP contribution in [0.1, 0.15) is 43.3 Å². The molecule has 0 spiro atoms. The van der Waals surface area contributed by atoms with E-state index in [1.807, 2.05) is 21.8 Å². The highest BCUT2D eigenvalue weighted by atomic mass is 16.4. The number of nitrogens with zero attached hydrogens (tertiary/aromatic N) is 6. The fourth-order valence-corrected chi connectivity index (χ4v) is 4.14. The van der Waals surface area contributed by atoms with Gasteiger partial charge >= 0.3 is 0 Å². The van der Waals surface area contributed by atoms with Crippen molar-refractivity contribution in [3.8, 4) is 6.07 Å². The molecule has 29 heavy (non-hydrogen) atoms. The van der Waals surface area contributed by atoms with Crippen LogP contribution in [0.5, 0.6) is 0 Å². The van der Waals surface area contributed by atoms with Crippen LogP contribution in [0.2, 0.25) is 0 Å². The zero-order chi connectivity index (χ0) is 20.4. The molecule has 2 aromatic rings. The number of aromatic nitrogens is 3. The lowest BCUT2D eigenvalue weighted by Gasteiger charge is -2.30. The van der Waals surface area contributed by atoms with E-state index in [9.17, 15) is 10.1 Å². The molecule has 0 atom stereocenters. The molecule has 0 bridgehead atoms. The topological polar surface area (TPSA) is 103 Å². The van der Waals surface area contributed by atoms with E-state index in [-0.39, 0.29) is 11.8 Å². The van der Waals surface area contributed by atoms with Crippen LogP contribution in [0, 0.1) is 24.2 Å². The molecular formula is C20H27N7O2. The van der Waals surface area contributed by atoms with Crippen molar-refractivity contribution in [1.29, 1.82) is 5.26 Å². The Morgan fingerprint density at radius 1 is 1.24 bits per heavy atom. The fourth-order valence-electron chi connectivity index (χ4n) is 4.14. The van der Waals surface area contributed by atoms with Gasteiger partial charge in [-0.25, -0.2) is 4.98 Å². The molecule has 2 fully saturated rings. The minimum Gasteiger partial charge on any atom is -0.424 e. The summed E-state index contributed by atoms with van der Waals surface area (Å²) in [6.07, 6.45) is 5.52. The zero-order valence-corrected chi connectivity index (χ0v) is 17.0. The van der Waals surface area contributed by atoms with E-state index in [4.69, 9.17) is 4.42 Å². The number of hydrogen-bond donors (Lipinski definition) is 1. The lowest BCUT2D eigenvalue weighted by molar-refractivity contribution is -0.120. The van der Waals surface area contributed by atoms with Gasteiger partial charge in [0, 0.05) is 38.2 Å². The number of anilines is 2. The molecule has 9 nitrogen and oxygen atoms in total. The summed E-state index contributed by atoms with van der Waals surface area (Å²) >= 11 is 0. The number of rotatable bonds is 4. The summed E-state index contributed by atoms with van der Waals surface area (Å²) in [7, 11) is 2.14. The minimum absolute atomic E-state index is 0.00698. The van der Waals surface area contributed by atoms with Crippen LogP contribution in [-0.2, 0) is 4.79 Å². The van der Waals surface area contributed by atoms with E-state index in [2.05, 4.69) is 33.4 Å². The Hall–Kier alpha value is -2.86. The predicted molar refractivity (Wildman–Crippen MR) is 108 cm³/mol. The van der Waals surface area contributed by atoms with Gasteiger partial charge in [-0.1, -0.05) is 0 Å². The molecule has 1 N–H and O–H groups in total. The standard InChI is InChI=1S/C20H27N7O2/c1-14-22-17(13-21)20(29-14)26-10-3-15(4-11-26)19(28)23-18-7-12-27(24-18)16-5-8-25(2)9-6-16/h7,12,15-16H,3-6,8-11H2,1-2H3,(H,23,24,28). The van der Waals surface area contributed by atoms with E-state index < -0.39 is 0 Å². The minimum atomic E-state index is -0.0747. The van der Waals surface area contributed by atoms with E-state index >= 15 is 0 Å². The van der Waals surface area contributed by atoms with Crippen molar-refractivity contribution < 1.29 is 9.21 Å². The van der Waals surface area contributed by atoms with Crippen molar-refractivity contribution in [3.05, 3.63) is 23.8 Å². The van der Waals surface area contributed by atoms with Gasteiger partial charge in [-0.05, 0) is 45.8 Å². The third-order valence-corrected chi connectivity index (χ3v) is 5.90. The fraction of sp³-hybridized carbons (Fsp3) is 0.600. The first-order valence-electron chi connectivity index (χ1n) is 10.2.